The molecule has 0 saturated heterocycles. The third-order valence-electron chi connectivity index (χ3n) is 6.18. The van der Waals surface area contributed by atoms with Crippen molar-refractivity contribution in [3.63, 3.8) is 0 Å². The van der Waals surface area contributed by atoms with Gasteiger partial charge in [0.05, 0.1) is 33.9 Å². The molecule has 0 aliphatic carbocycles. The Morgan fingerprint density at radius 3 is 2.35 bits per heavy atom. The highest BCUT2D eigenvalue weighted by atomic mass is 35.5. The molecule has 9 heteroatoms. The first-order chi connectivity index (χ1) is 17.8. The Bertz CT molecular complexity index is 1560. The molecule has 4 aromatic rings. The van der Waals surface area contributed by atoms with Gasteiger partial charge in [-0.25, -0.2) is 13.1 Å². The number of hydrazone groups is 1. The summed E-state index contributed by atoms with van der Waals surface area (Å²) >= 11 is 12.6. The molecule has 0 aromatic heterocycles. The van der Waals surface area contributed by atoms with E-state index in [1.807, 2.05) is 71.7 Å². The summed E-state index contributed by atoms with van der Waals surface area (Å²) in [6.07, 6.45) is 0.506. The van der Waals surface area contributed by atoms with Crippen molar-refractivity contribution >= 4 is 50.3 Å². The number of nitrogens with one attached hydrogen (secondary N) is 1. The number of halogens is 2. The third kappa shape index (κ3) is 5.50. The predicted octanol–water partition coefficient (Wildman–Crippen LogP) is 6.53. The Labute approximate surface area is 226 Å². The van der Waals surface area contributed by atoms with Crippen molar-refractivity contribution < 1.29 is 8.42 Å². The average Bonchev–Trinajstić information content (AvgIpc) is 3.32. The summed E-state index contributed by atoms with van der Waals surface area (Å²) in [5.74, 6) is 0. The maximum atomic E-state index is 13.4. The van der Waals surface area contributed by atoms with Gasteiger partial charge < -0.3 is 5.73 Å². The zero-order chi connectivity index (χ0) is 26.0. The molecular weight excluding hydrogens is 527 g/mol. The molecule has 5 rings (SSSR count). The van der Waals surface area contributed by atoms with Gasteiger partial charge in [0.15, 0.2) is 0 Å². The number of nitrogens with two attached hydrogens (primary N) is 1. The standard InChI is InChI=1S/C28H24Cl2N4O2S/c29-21-12-15-26(25(30)16-21)34-27(20-10-13-22(31)14-11-20)17-23(33-34)18-32-37(35,36)28-9-5-4-8-24(28)19-6-2-1-3-7-19/h1-16,27,32H,17-18,31H2. The van der Waals surface area contributed by atoms with Crippen molar-refractivity contribution in [3.05, 3.63) is 113 Å². The van der Waals surface area contributed by atoms with Gasteiger partial charge in [-0.15, -0.1) is 0 Å². The SMILES string of the molecule is Nc1ccc(C2CC(CNS(=O)(=O)c3ccccc3-c3ccccc3)=NN2c2ccc(Cl)cc2Cl)cc1. The second kappa shape index (κ2) is 10.6. The maximum Gasteiger partial charge on any atom is 0.241 e. The van der Waals surface area contributed by atoms with E-state index >= 15 is 0 Å². The number of nitrogen functional groups attached to an aromatic ring is 1. The lowest BCUT2D eigenvalue weighted by molar-refractivity contribution is 0.586. The molecule has 3 N–H and O–H groups in total. The maximum absolute atomic E-state index is 13.4. The van der Waals surface area contributed by atoms with Gasteiger partial charge in [-0.2, -0.15) is 5.10 Å². The van der Waals surface area contributed by atoms with Crippen LogP contribution >= 0.6 is 23.2 Å². The molecule has 0 bridgehead atoms. The van der Waals surface area contributed by atoms with Crippen molar-refractivity contribution in [2.75, 3.05) is 17.3 Å². The average molecular weight is 551 g/mol. The number of hydrogen-bond donors (Lipinski definition) is 2. The first kappa shape index (κ1) is 25.3. The van der Waals surface area contributed by atoms with Crippen LogP contribution in [-0.2, 0) is 10.0 Å². The first-order valence-corrected chi connectivity index (χ1v) is 13.9. The summed E-state index contributed by atoms with van der Waals surface area (Å²) in [6, 6.07) is 29.0. The van der Waals surface area contributed by atoms with Gasteiger partial charge in [-0.05, 0) is 47.5 Å². The normalized spacial score (nSPS) is 15.6. The Hall–Kier alpha value is -3.36. The van der Waals surface area contributed by atoms with Crippen LogP contribution in [0.3, 0.4) is 0 Å². The highest BCUT2D eigenvalue weighted by Crippen LogP contribution is 2.39. The van der Waals surface area contributed by atoms with Crippen molar-refractivity contribution in [2.45, 2.75) is 17.4 Å². The van der Waals surface area contributed by atoms with Gasteiger partial charge in [0, 0.05) is 22.7 Å². The smallest absolute Gasteiger partial charge is 0.241 e. The molecule has 188 valence electrons. The lowest BCUT2D eigenvalue weighted by atomic mass is 10.0. The first-order valence-electron chi connectivity index (χ1n) is 11.6. The van der Waals surface area contributed by atoms with Gasteiger partial charge in [-0.1, -0.05) is 83.9 Å². The summed E-state index contributed by atoms with van der Waals surface area (Å²) in [5.41, 5.74) is 10.3. The Morgan fingerprint density at radius 2 is 1.62 bits per heavy atom. The van der Waals surface area contributed by atoms with E-state index in [1.54, 1.807) is 30.3 Å². The highest BCUT2D eigenvalue weighted by Gasteiger charge is 2.31. The van der Waals surface area contributed by atoms with E-state index in [4.69, 9.17) is 34.0 Å². The second-order valence-electron chi connectivity index (χ2n) is 8.68. The third-order valence-corrected chi connectivity index (χ3v) is 8.18. The van der Waals surface area contributed by atoms with Crippen LogP contribution in [0.15, 0.2) is 107 Å². The summed E-state index contributed by atoms with van der Waals surface area (Å²) < 4.78 is 29.5. The van der Waals surface area contributed by atoms with Crippen LogP contribution < -0.4 is 15.5 Å². The van der Waals surface area contributed by atoms with Crippen LogP contribution in [0.4, 0.5) is 11.4 Å². The molecule has 1 heterocycles. The molecule has 37 heavy (non-hydrogen) atoms. The van der Waals surface area contributed by atoms with Gasteiger partial charge in [0.1, 0.15) is 0 Å². The summed E-state index contributed by atoms with van der Waals surface area (Å²) in [4.78, 5) is 0.215. The van der Waals surface area contributed by atoms with Crippen LogP contribution in [0.25, 0.3) is 11.1 Å². The second-order valence-corrected chi connectivity index (χ2v) is 11.3. The number of benzene rings is 4. The van der Waals surface area contributed by atoms with Gasteiger partial charge in [0.2, 0.25) is 10.0 Å². The molecule has 0 amide bonds. The van der Waals surface area contributed by atoms with E-state index < -0.39 is 10.0 Å². The minimum absolute atomic E-state index is 0.0542. The number of rotatable bonds is 7. The minimum atomic E-state index is -3.82. The van der Waals surface area contributed by atoms with Crippen molar-refractivity contribution in [3.8, 4) is 11.1 Å². The molecule has 1 aliphatic rings. The molecular formula is C28H24Cl2N4O2S. The quantitative estimate of drug-likeness (QED) is 0.256. The molecule has 1 aliphatic heterocycles. The van der Waals surface area contributed by atoms with E-state index in [0.717, 1.165) is 11.1 Å². The van der Waals surface area contributed by atoms with Crippen LogP contribution in [0, 0.1) is 0 Å². The lowest BCUT2D eigenvalue weighted by Gasteiger charge is -2.25. The molecule has 0 spiro atoms. The minimum Gasteiger partial charge on any atom is -0.399 e. The zero-order valence-corrected chi connectivity index (χ0v) is 22.0. The predicted molar refractivity (Wildman–Crippen MR) is 152 cm³/mol. The molecule has 1 atom stereocenters. The van der Waals surface area contributed by atoms with E-state index in [9.17, 15) is 8.42 Å². The summed E-state index contributed by atoms with van der Waals surface area (Å²) in [5, 5.41) is 7.56. The molecule has 0 saturated carbocycles. The van der Waals surface area contributed by atoms with E-state index in [2.05, 4.69) is 4.72 Å². The number of anilines is 2. The highest BCUT2D eigenvalue weighted by molar-refractivity contribution is 7.89. The van der Waals surface area contributed by atoms with E-state index in [-0.39, 0.29) is 17.5 Å². The fourth-order valence-electron chi connectivity index (χ4n) is 4.36. The monoisotopic (exact) mass is 550 g/mol. The number of hydrogen-bond acceptors (Lipinski definition) is 5. The summed E-state index contributed by atoms with van der Waals surface area (Å²) in [7, 11) is -3.82. The van der Waals surface area contributed by atoms with Crippen LogP contribution in [0.5, 0.6) is 0 Å². The van der Waals surface area contributed by atoms with Gasteiger partial charge in [0.25, 0.3) is 0 Å². The fourth-order valence-corrected chi connectivity index (χ4v) is 6.10. The largest absolute Gasteiger partial charge is 0.399 e. The summed E-state index contributed by atoms with van der Waals surface area (Å²) in [6.45, 7) is 0.0542. The molecule has 0 radical (unpaired) electrons. The molecule has 4 aromatic carbocycles. The Balaban J connectivity index is 1.43. The number of sulfonamides is 1. The van der Waals surface area contributed by atoms with Gasteiger partial charge >= 0.3 is 0 Å². The van der Waals surface area contributed by atoms with Crippen molar-refractivity contribution in [1.82, 2.24) is 4.72 Å². The number of nitrogens with zero attached hydrogens (tertiary/aromatic N) is 2. The van der Waals surface area contributed by atoms with Crippen molar-refractivity contribution in [2.24, 2.45) is 5.10 Å². The molecule has 6 nitrogen and oxygen atoms in total. The van der Waals surface area contributed by atoms with Crippen LogP contribution in [0.2, 0.25) is 10.0 Å². The van der Waals surface area contributed by atoms with Crippen molar-refractivity contribution in [1.29, 1.82) is 0 Å². The van der Waals surface area contributed by atoms with Gasteiger partial charge in [-0.3, -0.25) is 5.01 Å². The molecule has 1 unspecified atom stereocenters. The zero-order valence-electron chi connectivity index (χ0n) is 19.7. The fraction of sp³-hybridized carbons (Fsp3) is 0.107. The van der Waals surface area contributed by atoms with Crippen LogP contribution in [-0.4, -0.2) is 20.7 Å². The Morgan fingerprint density at radius 1 is 0.919 bits per heavy atom. The lowest BCUT2D eigenvalue weighted by Crippen LogP contribution is -2.29. The van der Waals surface area contributed by atoms with Crippen LogP contribution in [0.1, 0.15) is 18.0 Å². The molecule has 0 fully saturated rings. The van der Waals surface area contributed by atoms with E-state index in [0.29, 0.717) is 39.1 Å². The van der Waals surface area contributed by atoms with E-state index in [1.165, 1.54) is 0 Å². The Kier molecular flexibility index (Phi) is 7.22. The topological polar surface area (TPSA) is 87.8 Å².